The van der Waals surface area contributed by atoms with Crippen molar-refractivity contribution in [2.24, 2.45) is 5.92 Å². The van der Waals surface area contributed by atoms with Crippen LogP contribution in [0.3, 0.4) is 0 Å². The van der Waals surface area contributed by atoms with Gasteiger partial charge in [0.15, 0.2) is 0 Å². The second kappa shape index (κ2) is 4.58. The van der Waals surface area contributed by atoms with Crippen LogP contribution in [0, 0.1) is 5.92 Å². The zero-order chi connectivity index (χ0) is 9.84. The number of aliphatic hydroxyl groups excluding tert-OH is 1. The Morgan fingerprint density at radius 1 is 1.54 bits per heavy atom. The van der Waals surface area contributed by atoms with Gasteiger partial charge in [0.05, 0.1) is 6.61 Å². The highest BCUT2D eigenvalue weighted by atomic mass is 35.5. The first-order valence-electron chi connectivity index (χ1n) is 4.38. The van der Waals surface area contributed by atoms with E-state index in [9.17, 15) is 0 Å². The van der Waals surface area contributed by atoms with Crippen LogP contribution in [0.5, 0.6) is 0 Å². The zero-order valence-corrected chi connectivity index (χ0v) is 8.67. The van der Waals surface area contributed by atoms with Crippen molar-refractivity contribution in [2.45, 2.75) is 26.9 Å². The van der Waals surface area contributed by atoms with Gasteiger partial charge in [-0.3, -0.25) is 0 Å². The monoisotopic (exact) mass is 199 g/mol. The van der Waals surface area contributed by atoms with Gasteiger partial charge in [0, 0.05) is 11.8 Å². The normalized spacial score (nSPS) is 10.8. The van der Waals surface area contributed by atoms with E-state index >= 15 is 0 Å². The van der Waals surface area contributed by atoms with Crippen LogP contribution >= 0.6 is 11.6 Å². The second-order valence-electron chi connectivity index (χ2n) is 3.50. The summed E-state index contributed by atoms with van der Waals surface area (Å²) < 4.78 is 0. The summed E-state index contributed by atoms with van der Waals surface area (Å²) in [6.07, 6.45) is 2.61. The molecule has 0 unspecified atom stereocenters. The first-order chi connectivity index (χ1) is 6.15. The molecule has 0 amide bonds. The summed E-state index contributed by atoms with van der Waals surface area (Å²) in [6, 6.07) is 1.91. The molecule has 1 aromatic heterocycles. The fraction of sp³-hybridized carbons (Fsp3) is 0.500. The Morgan fingerprint density at radius 3 is 2.77 bits per heavy atom. The number of halogens is 1. The zero-order valence-electron chi connectivity index (χ0n) is 7.92. The molecule has 0 saturated heterocycles. The molecule has 1 heterocycles. The Labute approximate surface area is 83.6 Å². The Hall–Kier alpha value is -0.600. The van der Waals surface area contributed by atoms with Gasteiger partial charge in [0.1, 0.15) is 5.15 Å². The summed E-state index contributed by atoms with van der Waals surface area (Å²) in [6.45, 7) is 4.24. The van der Waals surface area contributed by atoms with Crippen molar-refractivity contribution in [1.82, 2.24) is 4.98 Å². The molecule has 72 valence electrons. The van der Waals surface area contributed by atoms with Gasteiger partial charge in [0.25, 0.3) is 0 Å². The predicted octanol–water partition coefficient (Wildman–Crippen LogP) is 2.43. The summed E-state index contributed by atoms with van der Waals surface area (Å²) >= 11 is 5.84. The lowest BCUT2D eigenvalue weighted by molar-refractivity contribution is 0.280. The molecule has 2 nitrogen and oxygen atoms in total. The molecule has 0 aromatic carbocycles. The summed E-state index contributed by atoms with van der Waals surface area (Å²) in [5.74, 6) is 0.559. The number of pyridine rings is 1. The third-order valence-electron chi connectivity index (χ3n) is 1.89. The molecule has 0 radical (unpaired) electrons. The molecule has 0 bridgehead atoms. The molecule has 1 rings (SSSR count). The van der Waals surface area contributed by atoms with E-state index in [-0.39, 0.29) is 6.61 Å². The fourth-order valence-corrected chi connectivity index (χ4v) is 1.54. The largest absolute Gasteiger partial charge is 0.392 e. The molecule has 0 aliphatic heterocycles. The van der Waals surface area contributed by atoms with Crippen molar-refractivity contribution < 1.29 is 5.11 Å². The van der Waals surface area contributed by atoms with Crippen molar-refractivity contribution in [2.75, 3.05) is 0 Å². The maximum Gasteiger partial charge on any atom is 0.134 e. The summed E-state index contributed by atoms with van der Waals surface area (Å²) in [7, 11) is 0. The topological polar surface area (TPSA) is 33.1 Å². The lowest BCUT2D eigenvalue weighted by Crippen LogP contribution is -2.01. The highest BCUT2D eigenvalue weighted by Gasteiger charge is 2.07. The van der Waals surface area contributed by atoms with E-state index in [2.05, 4.69) is 18.8 Å². The standard InChI is InChI=1S/C10H14ClNO/c1-7(2)5-8-3-4-12-10(11)9(8)6-13/h3-4,7,13H,5-6H2,1-2H3. The maximum absolute atomic E-state index is 9.09. The van der Waals surface area contributed by atoms with Gasteiger partial charge in [-0.25, -0.2) is 4.98 Å². The minimum atomic E-state index is -0.0330. The molecule has 3 heteroatoms. The van der Waals surface area contributed by atoms with Crippen LogP contribution in [-0.4, -0.2) is 10.1 Å². The Balaban J connectivity index is 2.98. The average molecular weight is 200 g/mol. The van der Waals surface area contributed by atoms with Gasteiger partial charge >= 0.3 is 0 Å². The van der Waals surface area contributed by atoms with Gasteiger partial charge in [0.2, 0.25) is 0 Å². The minimum Gasteiger partial charge on any atom is -0.392 e. The van der Waals surface area contributed by atoms with Crippen molar-refractivity contribution in [3.8, 4) is 0 Å². The molecule has 1 aromatic rings. The summed E-state index contributed by atoms with van der Waals surface area (Å²) in [5, 5.41) is 9.50. The van der Waals surface area contributed by atoms with Crippen LogP contribution in [0.25, 0.3) is 0 Å². The number of aromatic nitrogens is 1. The SMILES string of the molecule is CC(C)Cc1ccnc(Cl)c1CO. The quantitative estimate of drug-likeness (QED) is 0.759. The van der Waals surface area contributed by atoms with E-state index < -0.39 is 0 Å². The molecule has 1 N–H and O–H groups in total. The first-order valence-corrected chi connectivity index (χ1v) is 4.76. The average Bonchev–Trinajstić information content (AvgIpc) is 2.03. The number of nitrogens with zero attached hydrogens (tertiary/aromatic N) is 1. The van der Waals surface area contributed by atoms with E-state index in [0.717, 1.165) is 17.5 Å². The highest BCUT2D eigenvalue weighted by Crippen LogP contribution is 2.19. The third-order valence-corrected chi connectivity index (χ3v) is 2.21. The van der Waals surface area contributed by atoms with Crippen molar-refractivity contribution in [1.29, 1.82) is 0 Å². The molecule has 0 saturated carbocycles. The van der Waals surface area contributed by atoms with Crippen LogP contribution in [0.4, 0.5) is 0 Å². The third kappa shape index (κ3) is 2.68. The summed E-state index contributed by atoms with van der Waals surface area (Å²) in [5.41, 5.74) is 1.86. The van der Waals surface area contributed by atoms with E-state index in [4.69, 9.17) is 16.7 Å². The molecule has 13 heavy (non-hydrogen) atoms. The number of rotatable bonds is 3. The molecule has 0 fully saturated rings. The number of hydrogen-bond acceptors (Lipinski definition) is 2. The summed E-state index contributed by atoms with van der Waals surface area (Å²) in [4.78, 5) is 3.92. The second-order valence-corrected chi connectivity index (χ2v) is 3.85. The lowest BCUT2D eigenvalue weighted by atomic mass is 10.0. The van der Waals surface area contributed by atoms with Crippen molar-refractivity contribution >= 4 is 11.6 Å². The Morgan fingerprint density at radius 2 is 2.23 bits per heavy atom. The molecule has 0 aliphatic rings. The van der Waals surface area contributed by atoms with Gasteiger partial charge < -0.3 is 5.11 Å². The van der Waals surface area contributed by atoms with Crippen molar-refractivity contribution in [3.63, 3.8) is 0 Å². The van der Waals surface area contributed by atoms with Gasteiger partial charge in [-0.2, -0.15) is 0 Å². The lowest BCUT2D eigenvalue weighted by Gasteiger charge is -2.10. The van der Waals surface area contributed by atoms with Crippen molar-refractivity contribution in [3.05, 3.63) is 28.5 Å². The fourth-order valence-electron chi connectivity index (χ4n) is 1.30. The minimum absolute atomic E-state index is 0.0330. The van der Waals surface area contributed by atoms with Gasteiger partial charge in [-0.1, -0.05) is 25.4 Å². The van der Waals surface area contributed by atoms with Crippen LogP contribution in [0.1, 0.15) is 25.0 Å². The van der Waals surface area contributed by atoms with Crippen LogP contribution in [-0.2, 0) is 13.0 Å². The maximum atomic E-state index is 9.09. The first kappa shape index (κ1) is 10.5. The number of hydrogen-bond donors (Lipinski definition) is 1. The number of aliphatic hydroxyl groups is 1. The van der Waals surface area contributed by atoms with E-state index in [0.29, 0.717) is 11.1 Å². The van der Waals surface area contributed by atoms with E-state index in [1.54, 1.807) is 6.20 Å². The molecule has 0 aliphatic carbocycles. The molecular weight excluding hydrogens is 186 g/mol. The Bertz CT molecular complexity index is 286. The Kier molecular flexibility index (Phi) is 3.70. The van der Waals surface area contributed by atoms with Crippen LogP contribution < -0.4 is 0 Å². The molecular formula is C10H14ClNO. The predicted molar refractivity (Wildman–Crippen MR) is 53.7 cm³/mol. The van der Waals surface area contributed by atoms with Gasteiger partial charge in [-0.15, -0.1) is 0 Å². The van der Waals surface area contributed by atoms with E-state index in [1.807, 2.05) is 6.07 Å². The molecule has 0 atom stereocenters. The highest BCUT2D eigenvalue weighted by molar-refractivity contribution is 6.30. The molecule has 0 spiro atoms. The smallest absolute Gasteiger partial charge is 0.134 e. The van der Waals surface area contributed by atoms with E-state index in [1.165, 1.54) is 0 Å². The van der Waals surface area contributed by atoms with Crippen LogP contribution in [0.2, 0.25) is 5.15 Å². The van der Waals surface area contributed by atoms with Crippen LogP contribution in [0.15, 0.2) is 12.3 Å². The van der Waals surface area contributed by atoms with Gasteiger partial charge in [-0.05, 0) is 24.0 Å².